The van der Waals surface area contributed by atoms with E-state index in [0.717, 1.165) is 19.3 Å². The number of hydrogen-bond acceptors (Lipinski definition) is 3. The number of rotatable bonds is 6. The summed E-state index contributed by atoms with van der Waals surface area (Å²) in [5.41, 5.74) is 5.18. The maximum absolute atomic E-state index is 12.5. The molecule has 17 heavy (non-hydrogen) atoms. The van der Waals surface area contributed by atoms with Gasteiger partial charge in [-0.25, -0.2) is 0 Å². The number of nitrogens with zero attached hydrogens (tertiary/aromatic N) is 1. The molecule has 0 aromatic rings. The van der Waals surface area contributed by atoms with Gasteiger partial charge in [0.05, 0.1) is 23.1 Å². The van der Waals surface area contributed by atoms with Crippen molar-refractivity contribution in [1.29, 1.82) is 0 Å². The zero-order valence-corrected chi connectivity index (χ0v) is 11.7. The number of likely N-dealkylation sites (N-methyl/N-ethyl adjacent to an activating group) is 1. The lowest BCUT2D eigenvalue weighted by Gasteiger charge is -2.44. The molecule has 1 atom stereocenters. The van der Waals surface area contributed by atoms with E-state index in [1.807, 2.05) is 18.7 Å². The van der Waals surface area contributed by atoms with E-state index in [1.165, 1.54) is 0 Å². The molecule has 0 radical (unpaired) electrons. The summed E-state index contributed by atoms with van der Waals surface area (Å²) in [5, 5.41) is 0. The minimum Gasteiger partial charge on any atom is -0.392 e. The molecular formula is C12H22N2O2S. The van der Waals surface area contributed by atoms with Crippen LogP contribution in [0, 0.1) is 5.41 Å². The van der Waals surface area contributed by atoms with Gasteiger partial charge in [0, 0.05) is 13.7 Å². The summed E-state index contributed by atoms with van der Waals surface area (Å²) < 4.78 is 5.10. The van der Waals surface area contributed by atoms with Gasteiger partial charge in [0.2, 0.25) is 5.91 Å². The van der Waals surface area contributed by atoms with E-state index in [-0.39, 0.29) is 11.9 Å². The Morgan fingerprint density at radius 2 is 2.18 bits per heavy atom. The van der Waals surface area contributed by atoms with E-state index in [2.05, 4.69) is 0 Å². The lowest BCUT2D eigenvalue weighted by atomic mass is 9.67. The molecule has 0 bridgehead atoms. The molecule has 0 aromatic carbocycles. The molecule has 0 aromatic heterocycles. The van der Waals surface area contributed by atoms with E-state index in [4.69, 9.17) is 22.7 Å². The van der Waals surface area contributed by atoms with E-state index >= 15 is 0 Å². The first-order valence-corrected chi connectivity index (χ1v) is 6.50. The first-order valence-electron chi connectivity index (χ1n) is 6.09. The highest BCUT2D eigenvalue weighted by molar-refractivity contribution is 7.80. The number of carbonyl (C=O) groups is 1. The first kappa shape index (κ1) is 14.4. The SMILES string of the molecule is CCN(C(=O)C1(C(N)=S)CCC1)C(C)COC. The van der Waals surface area contributed by atoms with Gasteiger partial charge in [0.15, 0.2) is 0 Å². The Balaban J connectivity index is 2.81. The molecule has 1 aliphatic rings. The number of nitrogens with two attached hydrogens (primary N) is 1. The maximum Gasteiger partial charge on any atom is 0.235 e. The van der Waals surface area contributed by atoms with Crippen LogP contribution in [0.1, 0.15) is 33.1 Å². The second kappa shape index (κ2) is 5.78. The fourth-order valence-electron chi connectivity index (χ4n) is 2.36. The minimum absolute atomic E-state index is 0.0596. The summed E-state index contributed by atoms with van der Waals surface area (Å²) in [5.74, 6) is 0.0725. The third-order valence-corrected chi connectivity index (χ3v) is 4.02. The van der Waals surface area contributed by atoms with E-state index in [1.54, 1.807) is 7.11 Å². The lowest BCUT2D eigenvalue weighted by Crippen LogP contribution is -2.56. The highest BCUT2D eigenvalue weighted by atomic mass is 32.1. The molecule has 0 spiro atoms. The van der Waals surface area contributed by atoms with Gasteiger partial charge in [0.1, 0.15) is 0 Å². The van der Waals surface area contributed by atoms with Crippen molar-refractivity contribution in [2.24, 2.45) is 11.1 Å². The zero-order chi connectivity index (χ0) is 13.1. The predicted octanol–water partition coefficient (Wildman–Crippen LogP) is 1.33. The molecule has 1 saturated carbocycles. The molecule has 4 nitrogen and oxygen atoms in total. The Bertz CT molecular complexity index is 303. The Kier molecular flexibility index (Phi) is 4.89. The fourth-order valence-corrected chi connectivity index (χ4v) is 2.65. The predicted molar refractivity (Wildman–Crippen MR) is 71.8 cm³/mol. The standard InChI is InChI=1S/C12H22N2O2S/c1-4-14(9(2)8-16-3)11(15)12(10(13)17)6-5-7-12/h9H,4-8H2,1-3H3,(H2,13,17). The molecule has 0 aliphatic heterocycles. The summed E-state index contributed by atoms with van der Waals surface area (Å²) in [6, 6.07) is 0.0596. The van der Waals surface area contributed by atoms with E-state index in [0.29, 0.717) is 18.1 Å². The van der Waals surface area contributed by atoms with Gasteiger partial charge < -0.3 is 15.4 Å². The maximum atomic E-state index is 12.5. The second-order valence-corrected chi connectivity index (χ2v) is 5.14. The van der Waals surface area contributed by atoms with E-state index < -0.39 is 5.41 Å². The first-order chi connectivity index (χ1) is 7.99. The van der Waals surface area contributed by atoms with Crippen molar-refractivity contribution in [2.75, 3.05) is 20.3 Å². The average molecular weight is 258 g/mol. The summed E-state index contributed by atoms with van der Waals surface area (Å²) >= 11 is 5.07. The molecule has 1 unspecified atom stereocenters. The molecule has 0 heterocycles. The van der Waals surface area contributed by atoms with Crippen LogP contribution in [0.15, 0.2) is 0 Å². The van der Waals surface area contributed by atoms with Crippen molar-refractivity contribution in [3.05, 3.63) is 0 Å². The second-order valence-electron chi connectivity index (χ2n) is 4.70. The van der Waals surface area contributed by atoms with Gasteiger partial charge in [-0.15, -0.1) is 0 Å². The fraction of sp³-hybridized carbons (Fsp3) is 0.833. The van der Waals surface area contributed by atoms with Gasteiger partial charge in [-0.3, -0.25) is 4.79 Å². The third kappa shape index (κ3) is 2.60. The van der Waals surface area contributed by atoms with Crippen LogP contribution in [0.25, 0.3) is 0 Å². The number of amides is 1. The van der Waals surface area contributed by atoms with Crippen LogP contribution in [0.4, 0.5) is 0 Å². The van der Waals surface area contributed by atoms with Crippen LogP contribution in [0.3, 0.4) is 0 Å². The molecule has 1 fully saturated rings. The van der Waals surface area contributed by atoms with Crippen molar-refractivity contribution in [3.63, 3.8) is 0 Å². The summed E-state index contributed by atoms with van der Waals surface area (Å²) in [7, 11) is 1.64. The van der Waals surface area contributed by atoms with Gasteiger partial charge in [-0.2, -0.15) is 0 Å². The molecule has 2 N–H and O–H groups in total. The molecular weight excluding hydrogens is 236 g/mol. The molecule has 1 aliphatic carbocycles. The van der Waals surface area contributed by atoms with Crippen molar-refractivity contribution in [2.45, 2.75) is 39.2 Å². The van der Waals surface area contributed by atoms with Gasteiger partial charge in [-0.1, -0.05) is 18.6 Å². The Morgan fingerprint density at radius 3 is 2.47 bits per heavy atom. The molecule has 0 saturated heterocycles. The topological polar surface area (TPSA) is 55.6 Å². The highest BCUT2D eigenvalue weighted by Crippen LogP contribution is 2.43. The van der Waals surface area contributed by atoms with Crippen molar-refractivity contribution >= 4 is 23.1 Å². The van der Waals surface area contributed by atoms with E-state index in [9.17, 15) is 4.79 Å². The van der Waals surface area contributed by atoms with Crippen LogP contribution in [-0.2, 0) is 9.53 Å². The Hall–Kier alpha value is -0.680. The zero-order valence-electron chi connectivity index (χ0n) is 10.9. The van der Waals surface area contributed by atoms with Crippen LogP contribution in [0.2, 0.25) is 0 Å². The normalized spacial score (nSPS) is 19.2. The minimum atomic E-state index is -0.576. The molecule has 1 rings (SSSR count). The number of methoxy groups -OCH3 is 1. The van der Waals surface area contributed by atoms with Crippen LogP contribution >= 0.6 is 12.2 Å². The van der Waals surface area contributed by atoms with Crippen LogP contribution in [0.5, 0.6) is 0 Å². The molecule has 5 heteroatoms. The average Bonchev–Trinajstić information content (AvgIpc) is 2.16. The lowest BCUT2D eigenvalue weighted by molar-refractivity contribution is -0.144. The van der Waals surface area contributed by atoms with Crippen molar-refractivity contribution in [1.82, 2.24) is 4.90 Å². The molecule has 1 amide bonds. The number of hydrogen-bond donors (Lipinski definition) is 1. The number of carbonyl (C=O) groups excluding carboxylic acids is 1. The smallest absolute Gasteiger partial charge is 0.235 e. The molecule has 98 valence electrons. The Morgan fingerprint density at radius 1 is 1.59 bits per heavy atom. The Labute approximate surface area is 108 Å². The van der Waals surface area contributed by atoms with Gasteiger partial charge in [-0.05, 0) is 26.7 Å². The number of ether oxygens (including phenoxy) is 1. The van der Waals surface area contributed by atoms with Crippen molar-refractivity contribution < 1.29 is 9.53 Å². The van der Waals surface area contributed by atoms with Crippen LogP contribution in [-0.4, -0.2) is 42.1 Å². The number of thiocarbonyl (C=S) groups is 1. The quantitative estimate of drug-likeness (QED) is 0.730. The summed E-state index contributed by atoms with van der Waals surface area (Å²) in [6.07, 6.45) is 2.61. The third-order valence-electron chi connectivity index (χ3n) is 3.63. The summed E-state index contributed by atoms with van der Waals surface area (Å²) in [4.78, 5) is 14.7. The summed E-state index contributed by atoms with van der Waals surface area (Å²) in [6.45, 7) is 5.15. The van der Waals surface area contributed by atoms with Gasteiger partial charge >= 0.3 is 0 Å². The van der Waals surface area contributed by atoms with Gasteiger partial charge in [0.25, 0.3) is 0 Å². The largest absolute Gasteiger partial charge is 0.392 e. The monoisotopic (exact) mass is 258 g/mol. The van der Waals surface area contributed by atoms with Crippen molar-refractivity contribution in [3.8, 4) is 0 Å². The van der Waals surface area contributed by atoms with Crippen LogP contribution < -0.4 is 5.73 Å². The highest BCUT2D eigenvalue weighted by Gasteiger charge is 2.49.